The van der Waals surface area contributed by atoms with Gasteiger partial charge in [-0.25, -0.2) is 17.5 Å². The van der Waals surface area contributed by atoms with Gasteiger partial charge in [0, 0.05) is 6.54 Å². The Morgan fingerprint density at radius 3 is 2.63 bits per heavy atom. The molecule has 2 N–H and O–H groups in total. The van der Waals surface area contributed by atoms with Crippen LogP contribution in [0.3, 0.4) is 0 Å². The fraction of sp³-hybridized carbons (Fsp3) is 0.538. The first-order valence-corrected chi connectivity index (χ1v) is 7.64. The van der Waals surface area contributed by atoms with Crippen molar-refractivity contribution in [1.82, 2.24) is 4.72 Å². The number of hydrogen-bond acceptors (Lipinski definition) is 3. The van der Waals surface area contributed by atoms with E-state index in [0.29, 0.717) is 12.0 Å². The van der Waals surface area contributed by atoms with Gasteiger partial charge in [0.2, 0.25) is 10.0 Å². The number of rotatable bonds is 6. The van der Waals surface area contributed by atoms with Gasteiger partial charge in [0.1, 0.15) is 5.82 Å². The summed E-state index contributed by atoms with van der Waals surface area (Å²) in [7, 11) is -3.81. The summed E-state index contributed by atoms with van der Waals surface area (Å²) in [5.41, 5.74) is -0.646. The van der Waals surface area contributed by atoms with E-state index in [0.717, 1.165) is 12.5 Å². The lowest BCUT2D eigenvalue weighted by Crippen LogP contribution is -2.40. The molecule has 1 unspecified atom stereocenters. The van der Waals surface area contributed by atoms with Gasteiger partial charge < -0.3 is 5.11 Å². The molecule has 108 valence electrons. The van der Waals surface area contributed by atoms with Crippen LogP contribution in [0.4, 0.5) is 4.39 Å². The molecule has 0 fully saturated rings. The van der Waals surface area contributed by atoms with Crippen LogP contribution >= 0.6 is 0 Å². The van der Waals surface area contributed by atoms with Crippen LogP contribution in [0.25, 0.3) is 0 Å². The summed E-state index contributed by atoms with van der Waals surface area (Å²) >= 11 is 0. The molecule has 0 aliphatic carbocycles. The van der Waals surface area contributed by atoms with Gasteiger partial charge in [0.25, 0.3) is 0 Å². The highest BCUT2D eigenvalue weighted by atomic mass is 32.2. The fourth-order valence-corrected chi connectivity index (χ4v) is 3.23. The van der Waals surface area contributed by atoms with Crippen LogP contribution in [-0.2, 0) is 10.0 Å². The third kappa shape index (κ3) is 4.56. The number of nitrogens with one attached hydrogen (secondary N) is 1. The maximum Gasteiger partial charge on any atom is 0.241 e. The van der Waals surface area contributed by atoms with E-state index in [1.54, 1.807) is 13.8 Å². The number of aryl methyl sites for hydroxylation is 1. The van der Waals surface area contributed by atoms with Crippen LogP contribution in [0, 0.1) is 12.7 Å². The SMILES string of the molecule is CCCC(C)(O)CNS(=O)(=O)c1cc(F)ccc1C. The smallest absolute Gasteiger partial charge is 0.241 e. The van der Waals surface area contributed by atoms with E-state index >= 15 is 0 Å². The summed E-state index contributed by atoms with van der Waals surface area (Å²) in [4.78, 5) is -0.0974. The van der Waals surface area contributed by atoms with Crippen molar-refractivity contribution < 1.29 is 17.9 Å². The normalized spacial score (nSPS) is 15.2. The first-order valence-electron chi connectivity index (χ1n) is 6.16. The molecule has 19 heavy (non-hydrogen) atoms. The molecule has 6 heteroatoms. The van der Waals surface area contributed by atoms with Gasteiger partial charge in [0.05, 0.1) is 10.5 Å². The Morgan fingerprint density at radius 2 is 2.05 bits per heavy atom. The molecule has 1 rings (SSSR count). The molecular weight excluding hydrogens is 269 g/mol. The molecule has 0 amide bonds. The number of aliphatic hydroxyl groups is 1. The molecule has 0 bridgehead atoms. The van der Waals surface area contributed by atoms with E-state index in [4.69, 9.17) is 0 Å². The van der Waals surface area contributed by atoms with Crippen LogP contribution in [0.15, 0.2) is 23.1 Å². The Morgan fingerprint density at radius 1 is 1.42 bits per heavy atom. The maximum atomic E-state index is 13.1. The molecule has 0 spiro atoms. The molecule has 0 heterocycles. The van der Waals surface area contributed by atoms with Crippen molar-refractivity contribution in [2.24, 2.45) is 0 Å². The van der Waals surface area contributed by atoms with Gasteiger partial charge in [-0.1, -0.05) is 19.4 Å². The van der Waals surface area contributed by atoms with Crippen LogP contribution in [0.2, 0.25) is 0 Å². The zero-order valence-corrected chi connectivity index (χ0v) is 12.2. The first-order chi connectivity index (χ1) is 8.68. The van der Waals surface area contributed by atoms with Crippen LogP contribution < -0.4 is 4.72 Å². The van der Waals surface area contributed by atoms with Crippen LogP contribution in [0.1, 0.15) is 32.3 Å². The van der Waals surface area contributed by atoms with E-state index in [2.05, 4.69) is 4.72 Å². The van der Waals surface area contributed by atoms with Gasteiger partial charge in [-0.2, -0.15) is 0 Å². The standard InChI is InChI=1S/C13H20FNO3S/c1-4-7-13(3,16)9-15-19(17,18)12-8-11(14)6-5-10(12)2/h5-6,8,15-16H,4,7,9H2,1-3H3. The van der Waals surface area contributed by atoms with E-state index in [-0.39, 0.29) is 11.4 Å². The zero-order valence-electron chi connectivity index (χ0n) is 11.4. The molecule has 0 saturated heterocycles. The monoisotopic (exact) mass is 289 g/mol. The summed E-state index contributed by atoms with van der Waals surface area (Å²) in [5, 5.41) is 9.95. The highest BCUT2D eigenvalue weighted by Gasteiger charge is 2.24. The van der Waals surface area contributed by atoms with Gasteiger partial charge in [-0.3, -0.25) is 0 Å². The minimum atomic E-state index is -3.81. The van der Waals surface area contributed by atoms with Crippen LogP contribution in [0.5, 0.6) is 0 Å². The molecular formula is C13H20FNO3S. The van der Waals surface area contributed by atoms with Crippen molar-refractivity contribution in [1.29, 1.82) is 0 Å². The second-order valence-electron chi connectivity index (χ2n) is 4.98. The number of benzene rings is 1. The Kier molecular flexibility index (Phi) is 5.06. The Bertz CT molecular complexity index is 541. The molecule has 1 aromatic carbocycles. The molecule has 0 aromatic heterocycles. The number of sulfonamides is 1. The average Bonchev–Trinajstić information content (AvgIpc) is 2.30. The second-order valence-corrected chi connectivity index (χ2v) is 6.72. The lowest BCUT2D eigenvalue weighted by atomic mass is 10.0. The second kappa shape index (κ2) is 5.98. The van der Waals surface area contributed by atoms with E-state index in [1.165, 1.54) is 12.1 Å². The lowest BCUT2D eigenvalue weighted by molar-refractivity contribution is 0.0554. The molecule has 1 atom stereocenters. The summed E-state index contributed by atoms with van der Waals surface area (Å²) in [6, 6.07) is 3.60. The summed E-state index contributed by atoms with van der Waals surface area (Å²) < 4.78 is 39.6. The predicted octanol–water partition coefficient (Wildman–Crippen LogP) is 1.96. The van der Waals surface area contributed by atoms with Crippen molar-refractivity contribution in [3.05, 3.63) is 29.6 Å². The highest BCUT2D eigenvalue weighted by Crippen LogP contribution is 2.17. The summed E-state index contributed by atoms with van der Waals surface area (Å²) in [5.74, 6) is -0.605. The molecule has 0 aliphatic heterocycles. The molecule has 0 radical (unpaired) electrons. The minimum absolute atomic E-state index is 0.0974. The van der Waals surface area contributed by atoms with Gasteiger partial charge in [-0.05, 0) is 38.0 Å². The van der Waals surface area contributed by atoms with E-state index in [1.807, 2.05) is 6.92 Å². The first kappa shape index (κ1) is 16.1. The molecule has 0 aliphatic rings. The lowest BCUT2D eigenvalue weighted by Gasteiger charge is -2.23. The average molecular weight is 289 g/mol. The van der Waals surface area contributed by atoms with Crippen molar-refractivity contribution >= 4 is 10.0 Å². The molecule has 4 nitrogen and oxygen atoms in total. The summed E-state index contributed by atoms with van der Waals surface area (Å²) in [6.07, 6.45) is 1.23. The summed E-state index contributed by atoms with van der Waals surface area (Å²) in [6.45, 7) is 4.97. The zero-order chi connectivity index (χ0) is 14.7. The third-order valence-corrected chi connectivity index (χ3v) is 4.41. The quantitative estimate of drug-likeness (QED) is 0.841. The Labute approximate surface area is 113 Å². The topological polar surface area (TPSA) is 66.4 Å². The van der Waals surface area contributed by atoms with E-state index < -0.39 is 21.4 Å². The van der Waals surface area contributed by atoms with Gasteiger partial charge >= 0.3 is 0 Å². The Balaban J connectivity index is 2.90. The highest BCUT2D eigenvalue weighted by molar-refractivity contribution is 7.89. The van der Waals surface area contributed by atoms with Crippen molar-refractivity contribution in [2.75, 3.05) is 6.54 Å². The molecule has 0 saturated carbocycles. The van der Waals surface area contributed by atoms with Crippen molar-refractivity contribution in [2.45, 2.75) is 44.1 Å². The minimum Gasteiger partial charge on any atom is -0.389 e. The Hall–Kier alpha value is -0.980. The fourth-order valence-electron chi connectivity index (χ4n) is 1.82. The maximum absolute atomic E-state index is 13.1. The predicted molar refractivity (Wildman–Crippen MR) is 71.9 cm³/mol. The van der Waals surface area contributed by atoms with Crippen molar-refractivity contribution in [3.63, 3.8) is 0 Å². The number of hydrogen-bond donors (Lipinski definition) is 2. The van der Waals surface area contributed by atoms with Gasteiger partial charge in [-0.15, -0.1) is 0 Å². The number of halogens is 1. The van der Waals surface area contributed by atoms with Gasteiger partial charge in [0.15, 0.2) is 0 Å². The third-order valence-electron chi connectivity index (χ3n) is 2.87. The molecule has 1 aromatic rings. The van der Waals surface area contributed by atoms with Crippen LogP contribution in [-0.4, -0.2) is 25.7 Å². The van der Waals surface area contributed by atoms with E-state index in [9.17, 15) is 17.9 Å². The van der Waals surface area contributed by atoms with Crippen molar-refractivity contribution in [3.8, 4) is 0 Å². The largest absolute Gasteiger partial charge is 0.389 e.